The van der Waals surface area contributed by atoms with Crippen molar-refractivity contribution in [3.8, 4) is 11.8 Å². The van der Waals surface area contributed by atoms with E-state index in [0.29, 0.717) is 11.3 Å². The molecule has 2 aromatic rings. The zero-order valence-electron chi connectivity index (χ0n) is 10.7. The van der Waals surface area contributed by atoms with Crippen molar-refractivity contribution in [1.82, 2.24) is 0 Å². The van der Waals surface area contributed by atoms with Crippen LogP contribution in [0.25, 0.3) is 11.6 Å². The first-order valence-electron chi connectivity index (χ1n) is 5.86. The van der Waals surface area contributed by atoms with Crippen LogP contribution in [0.3, 0.4) is 0 Å². The van der Waals surface area contributed by atoms with Crippen LogP contribution in [0.4, 0.5) is 4.39 Å². The largest absolute Gasteiger partial charge is 0.496 e. The van der Waals surface area contributed by atoms with E-state index in [-0.39, 0.29) is 5.57 Å². The highest BCUT2D eigenvalue weighted by molar-refractivity contribution is 9.10. The molecule has 0 saturated heterocycles. The lowest BCUT2D eigenvalue weighted by atomic mass is 10.0. The number of ether oxygens (including phenoxy) is 1. The lowest BCUT2D eigenvalue weighted by Gasteiger charge is -2.05. The Morgan fingerprint density at radius 3 is 2.65 bits per heavy atom. The Balaban J connectivity index is 2.45. The van der Waals surface area contributed by atoms with Gasteiger partial charge in [0.15, 0.2) is 0 Å². The predicted octanol–water partition coefficient (Wildman–Crippen LogP) is 4.66. The minimum Gasteiger partial charge on any atom is -0.496 e. The van der Waals surface area contributed by atoms with Crippen LogP contribution in [-0.4, -0.2) is 7.11 Å². The second kappa shape index (κ2) is 6.36. The molecular formula is C16H11BrFNO. The fourth-order valence-corrected chi connectivity index (χ4v) is 2.35. The lowest BCUT2D eigenvalue weighted by molar-refractivity contribution is 0.412. The number of benzene rings is 2. The maximum Gasteiger partial charge on any atom is 0.133 e. The Morgan fingerprint density at radius 2 is 2.05 bits per heavy atom. The van der Waals surface area contributed by atoms with Crippen molar-refractivity contribution in [2.45, 2.75) is 0 Å². The average Bonchev–Trinajstić information content (AvgIpc) is 2.46. The summed E-state index contributed by atoms with van der Waals surface area (Å²) in [6, 6.07) is 13.7. The van der Waals surface area contributed by atoms with Gasteiger partial charge in [0.25, 0.3) is 0 Å². The highest BCUT2D eigenvalue weighted by Gasteiger charge is 2.07. The van der Waals surface area contributed by atoms with Gasteiger partial charge in [-0.3, -0.25) is 0 Å². The smallest absolute Gasteiger partial charge is 0.133 e. The molecule has 0 saturated carbocycles. The number of nitriles is 1. The molecule has 0 amide bonds. The maximum absolute atomic E-state index is 13.7. The van der Waals surface area contributed by atoms with E-state index in [0.717, 1.165) is 10.0 Å². The topological polar surface area (TPSA) is 33.0 Å². The van der Waals surface area contributed by atoms with E-state index >= 15 is 0 Å². The van der Waals surface area contributed by atoms with E-state index in [4.69, 9.17) is 4.74 Å². The summed E-state index contributed by atoms with van der Waals surface area (Å²) in [6.45, 7) is 0. The van der Waals surface area contributed by atoms with Crippen molar-refractivity contribution in [3.05, 3.63) is 63.9 Å². The molecule has 0 heterocycles. The van der Waals surface area contributed by atoms with E-state index in [1.54, 1.807) is 37.5 Å². The van der Waals surface area contributed by atoms with Crippen LogP contribution >= 0.6 is 15.9 Å². The molecule has 0 aliphatic heterocycles. The SMILES string of the molecule is COc1ccc(C=C(C#N)c2ccccc2F)cc1Br. The number of hydrogen-bond donors (Lipinski definition) is 0. The van der Waals surface area contributed by atoms with Crippen LogP contribution in [0.2, 0.25) is 0 Å². The van der Waals surface area contributed by atoms with E-state index in [1.807, 2.05) is 18.2 Å². The van der Waals surface area contributed by atoms with Crippen molar-refractivity contribution in [2.24, 2.45) is 0 Å². The minimum absolute atomic E-state index is 0.278. The third kappa shape index (κ3) is 3.06. The number of nitrogens with zero attached hydrogens (tertiary/aromatic N) is 1. The number of allylic oxidation sites excluding steroid dienone is 1. The molecule has 0 unspecified atom stereocenters. The van der Waals surface area contributed by atoms with Crippen LogP contribution in [0.15, 0.2) is 46.9 Å². The lowest BCUT2D eigenvalue weighted by Crippen LogP contribution is -1.88. The van der Waals surface area contributed by atoms with Crippen molar-refractivity contribution < 1.29 is 9.13 Å². The molecule has 0 spiro atoms. The summed E-state index contributed by atoms with van der Waals surface area (Å²) >= 11 is 3.38. The van der Waals surface area contributed by atoms with E-state index in [2.05, 4.69) is 15.9 Å². The fourth-order valence-electron chi connectivity index (χ4n) is 1.79. The third-order valence-corrected chi connectivity index (χ3v) is 3.39. The van der Waals surface area contributed by atoms with Crippen LogP contribution in [0.5, 0.6) is 5.75 Å². The Bertz CT molecular complexity index is 704. The molecular weight excluding hydrogens is 321 g/mol. The highest BCUT2D eigenvalue weighted by Crippen LogP contribution is 2.28. The highest BCUT2D eigenvalue weighted by atomic mass is 79.9. The summed E-state index contributed by atoms with van der Waals surface area (Å²) in [4.78, 5) is 0. The molecule has 0 fully saturated rings. The standard InChI is InChI=1S/C16H11BrFNO/c1-20-16-7-6-11(9-14(16)17)8-12(10-19)13-4-2-3-5-15(13)18/h2-9H,1H3. The third-order valence-electron chi connectivity index (χ3n) is 2.77. The molecule has 2 nitrogen and oxygen atoms in total. The Labute approximate surface area is 125 Å². The molecule has 0 aliphatic rings. The van der Waals surface area contributed by atoms with Gasteiger partial charge in [-0.05, 0) is 45.8 Å². The Kier molecular flexibility index (Phi) is 4.54. The molecule has 0 aliphatic carbocycles. The fraction of sp³-hybridized carbons (Fsp3) is 0.0625. The van der Waals surface area contributed by atoms with Crippen LogP contribution in [0.1, 0.15) is 11.1 Å². The molecule has 4 heteroatoms. The minimum atomic E-state index is -0.409. The quantitative estimate of drug-likeness (QED) is 0.605. The Morgan fingerprint density at radius 1 is 1.30 bits per heavy atom. The molecule has 0 atom stereocenters. The summed E-state index contributed by atoms with van der Waals surface area (Å²) < 4.78 is 19.6. The van der Waals surface area contributed by atoms with Gasteiger partial charge in [0, 0.05) is 5.56 Å². The molecule has 2 rings (SSSR count). The first-order chi connectivity index (χ1) is 9.65. The average molecular weight is 332 g/mol. The van der Waals surface area contributed by atoms with E-state index in [1.165, 1.54) is 6.07 Å². The second-order valence-electron chi connectivity index (χ2n) is 4.04. The number of halogens is 2. The Hall–Kier alpha value is -2.12. The molecule has 0 bridgehead atoms. The van der Waals surface area contributed by atoms with E-state index in [9.17, 15) is 9.65 Å². The van der Waals surface area contributed by atoms with Crippen LogP contribution in [0, 0.1) is 17.1 Å². The first-order valence-corrected chi connectivity index (χ1v) is 6.65. The molecule has 100 valence electrons. The van der Waals surface area contributed by atoms with Gasteiger partial charge in [0.2, 0.25) is 0 Å². The number of rotatable bonds is 3. The van der Waals surface area contributed by atoms with Gasteiger partial charge in [-0.2, -0.15) is 5.26 Å². The van der Waals surface area contributed by atoms with Gasteiger partial charge in [-0.1, -0.05) is 24.3 Å². The molecule has 0 radical (unpaired) electrons. The van der Waals surface area contributed by atoms with E-state index < -0.39 is 5.82 Å². The van der Waals surface area contributed by atoms with Gasteiger partial charge in [-0.25, -0.2) is 4.39 Å². The first kappa shape index (κ1) is 14.3. The summed E-state index contributed by atoms with van der Waals surface area (Å²) in [5.74, 6) is 0.291. The van der Waals surface area contributed by atoms with Gasteiger partial charge in [0.1, 0.15) is 11.6 Å². The summed E-state index contributed by atoms with van der Waals surface area (Å²) in [5, 5.41) is 9.21. The van der Waals surface area contributed by atoms with Crippen molar-refractivity contribution in [1.29, 1.82) is 5.26 Å². The van der Waals surface area contributed by atoms with Crippen molar-refractivity contribution in [2.75, 3.05) is 7.11 Å². The molecule has 2 aromatic carbocycles. The summed E-state index contributed by atoms with van der Waals surface area (Å²) in [6.07, 6.45) is 1.64. The predicted molar refractivity (Wildman–Crippen MR) is 80.6 cm³/mol. The van der Waals surface area contributed by atoms with Gasteiger partial charge in [0.05, 0.1) is 23.2 Å². The van der Waals surface area contributed by atoms with Crippen molar-refractivity contribution >= 4 is 27.6 Å². The molecule has 0 N–H and O–H groups in total. The maximum atomic E-state index is 13.7. The molecule has 0 aromatic heterocycles. The van der Waals surface area contributed by atoms with Crippen LogP contribution in [-0.2, 0) is 0 Å². The monoisotopic (exact) mass is 331 g/mol. The summed E-state index contributed by atoms with van der Waals surface area (Å²) in [5.41, 5.74) is 1.36. The molecule has 20 heavy (non-hydrogen) atoms. The van der Waals surface area contributed by atoms with Gasteiger partial charge >= 0.3 is 0 Å². The number of hydrogen-bond acceptors (Lipinski definition) is 2. The normalized spacial score (nSPS) is 11.0. The summed E-state index contributed by atoms with van der Waals surface area (Å²) in [7, 11) is 1.58. The van der Waals surface area contributed by atoms with Crippen LogP contribution < -0.4 is 4.74 Å². The van der Waals surface area contributed by atoms with Gasteiger partial charge < -0.3 is 4.74 Å². The zero-order chi connectivity index (χ0) is 14.5. The number of methoxy groups -OCH3 is 1. The van der Waals surface area contributed by atoms with Gasteiger partial charge in [-0.15, -0.1) is 0 Å². The second-order valence-corrected chi connectivity index (χ2v) is 4.90. The zero-order valence-corrected chi connectivity index (χ0v) is 12.3. The van der Waals surface area contributed by atoms with Crippen molar-refractivity contribution in [3.63, 3.8) is 0 Å².